The number of nitrogens with two attached hydrogens (primary N) is 1. The average molecular weight is 327 g/mol. The van der Waals surface area contributed by atoms with Crippen molar-refractivity contribution in [2.24, 2.45) is 11.7 Å². The Bertz CT molecular complexity index is 701. The van der Waals surface area contributed by atoms with Gasteiger partial charge in [0, 0.05) is 23.1 Å². The molecule has 6 heteroatoms. The van der Waals surface area contributed by atoms with E-state index in [2.05, 4.69) is 29.0 Å². The fraction of sp³-hybridized carbons (Fsp3) is 0.333. The SMILES string of the molecule is CC(C)C#CC#Cc1ccc(C(=O)N[C@H](C(=O)NO)[C@@H](C)N)cc1. The molecule has 0 aliphatic rings. The van der Waals surface area contributed by atoms with Crippen LogP contribution in [0.1, 0.15) is 36.7 Å². The molecule has 0 bridgehead atoms. The molecule has 0 aliphatic heterocycles. The molecule has 0 aliphatic carbocycles. The lowest BCUT2D eigenvalue weighted by atomic mass is 10.1. The quantitative estimate of drug-likeness (QED) is 0.370. The molecule has 6 nitrogen and oxygen atoms in total. The summed E-state index contributed by atoms with van der Waals surface area (Å²) in [5.74, 6) is 10.3. The molecular weight excluding hydrogens is 306 g/mol. The van der Waals surface area contributed by atoms with Crippen molar-refractivity contribution in [3.05, 3.63) is 35.4 Å². The van der Waals surface area contributed by atoms with Crippen molar-refractivity contribution < 1.29 is 14.8 Å². The van der Waals surface area contributed by atoms with Crippen LogP contribution in [0.4, 0.5) is 0 Å². The van der Waals surface area contributed by atoms with E-state index in [1.807, 2.05) is 13.8 Å². The highest BCUT2D eigenvalue weighted by Crippen LogP contribution is 2.04. The van der Waals surface area contributed by atoms with Gasteiger partial charge in [0.1, 0.15) is 6.04 Å². The molecule has 2 amide bonds. The van der Waals surface area contributed by atoms with Crippen LogP contribution >= 0.6 is 0 Å². The van der Waals surface area contributed by atoms with Crippen molar-refractivity contribution in [3.8, 4) is 23.7 Å². The molecule has 0 saturated heterocycles. The van der Waals surface area contributed by atoms with E-state index in [4.69, 9.17) is 10.9 Å². The van der Waals surface area contributed by atoms with Gasteiger partial charge < -0.3 is 11.1 Å². The van der Waals surface area contributed by atoms with Crippen LogP contribution in [0.2, 0.25) is 0 Å². The minimum Gasteiger partial charge on any atom is -0.339 e. The van der Waals surface area contributed by atoms with Gasteiger partial charge in [0.25, 0.3) is 11.8 Å². The maximum Gasteiger partial charge on any atom is 0.267 e. The van der Waals surface area contributed by atoms with Crippen LogP contribution in [-0.2, 0) is 4.79 Å². The van der Waals surface area contributed by atoms with Gasteiger partial charge in [0.2, 0.25) is 0 Å². The molecule has 0 spiro atoms. The molecule has 1 aromatic rings. The molecule has 5 N–H and O–H groups in total. The third-order valence-corrected chi connectivity index (χ3v) is 2.98. The Hall–Kier alpha value is -2.80. The maximum atomic E-state index is 12.1. The lowest BCUT2D eigenvalue weighted by Gasteiger charge is -2.19. The minimum atomic E-state index is -1.03. The normalized spacial score (nSPS) is 12.1. The third-order valence-electron chi connectivity index (χ3n) is 2.98. The van der Waals surface area contributed by atoms with Crippen molar-refractivity contribution in [2.45, 2.75) is 32.9 Å². The van der Waals surface area contributed by atoms with Gasteiger partial charge in [0.15, 0.2) is 0 Å². The lowest BCUT2D eigenvalue weighted by Crippen LogP contribution is -2.54. The first-order chi connectivity index (χ1) is 11.3. The van der Waals surface area contributed by atoms with Gasteiger partial charge in [-0.1, -0.05) is 25.7 Å². The Morgan fingerprint density at radius 2 is 1.75 bits per heavy atom. The van der Waals surface area contributed by atoms with Gasteiger partial charge >= 0.3 is 0 Å². The molecule has 1 aromatic carbocycles. The van der Waals surface area contributed by atoms with Gasteiger partial charge in [-0.25, -0.2) is 5.48 Å². The summed E-state index contributed by atoms with van der Waals surface area (Å²) in [4.78, 5) is 23.6. The average Bonchev–Trinajstić information content (AvgIpc) is 2.55. The monoisotopic (exact) mass is 327 g/mol. The van der Waals surface area contributed by atoms with E-state index in [0.29, 0.717) is 5.56 Å². The number of hydrogen-bond donors (Lipinski definition) is 4. The number of hydrogen-bond acceptors (Lipinski definition) is 4. The molecule has 0 unspecified atom stereocenters. The fourth-order valence-electron chi connectivity index (χ4n) is 1.72. The number of carbonyl (C=O) groups excluding carboxylic acids is 2. The standard InChI is InChI=1S/C18H21N3O3/c1-12(2)6-4-5-7-14-8-10-15(11-9-14)17(22)20-16(13(3)19)18(23)21-24/h8-13,16,24H,19H2,1-3H3,(H,20,22)(H,21,23)/t13-,16+/m1/s1. The Kier molecular flexibility index (Phi) is 7.51. The van der Waals surface area contributed by atoms with Gasteiger partial charge in [-0.3, -0.25) is 14.8 Å². The topological polar surface area (TPSA) is 104 Å². The number of hydroxylamine groups is 1. The molecule has 0 fully saturated rings. The summed E-state index contributed by atoms with van der Waals surface area (Å²) in [6.45, 7) is 5.51. The van der Waals surface area contributed by atoms with Crippen LogP contribution in [0, 0.1) is 29.6 Å². The zero-order chi connectivity index (χ0) is 18.1. The van der Waals surface area contributed by atoms with Crippen LogP contribution in [0.5, 0.6) is 0 Å². The number of rotatable bonds is 4. The van der Waals surface area contributed by atoms with E-state index in [1.165, 1.54) is 5.48 Å². The van der Waals surface area contributed by atoms with E-state index in [1.54, 1.807) is 31.2 Å². The number of amides is 2. The summed E-state index contributed by atoms with van der Waals surface area (Å²) in [7, 11) is 0. The molecule has 0 heterocycles. The molecule has 0 radical (unpaired) electrons. The van der Waals surface area contributed by atoms with Crippen molar-refractivity contribution >= 4 is 11.8 Å². The van der Waals surface area contributed by atoms with Gasteiger partial charge in [-0.05, 0) is 43.0 Å². The van der Waals surface area contributed by atoms with Crippen molar-refractivity contribution in [3.63, 3.8) is 0 Å². The summed E-state index contributed by atoms with van der Waals surface area (Å²) in [6.07, 6.45) is 0. The van der Waals surface area contributed by atoms with Crippen LogP contribution in [0.15, 0.2) is 24.3 Å². The fourth-order valence-corrected chi connectivity index (χ4v) is 1.72. The Labute approximate surface area is 141 Å². The van der Waals surface area contributed by atoms with Gasteiger partial charge in [-0.2, -0.15) is 0 Å². The van der Waals surface area contributed by atoms with Crippen molar-refractivity contribution in [2.75, 3.05) is 0 Å². The second-order valence-electron chi connectivity index (χ2n) is 5.54. The van der Waals surface area contributed by atoms with E-state index >= 15 is 0 Å². The smallest absolute Gasteiger partial charge is 0.267 e. The molecular formula is C18H21N3O3. The Morgan fingerprint density at radius 1 is 1.12 bits per heavy atom. The van der Waals surface area contributed by atoms with E-state index in [-0.39, 0.29) is 5.92 Å². The Morgan fingerprint density at radius 3 is 2.25 bits per heavy atom. The first-order valence-electron chi connectivity index (χ1n) is 7.47. The van der Waals surface area contributed by atoms with Crippen LogP contribution < -0.4 is 16.5 Å². The number of benzene rings is 1. The predicted molar refractivity (Wildman–Crippen MR) is 90.8 cm³/mol. The summed E-state index contributed by atoms with van der Waals surface area (Å²) < 4.78 is 0. The van der Waals surface area contributed by atoms with E-state index < -0.39 is 23.9 Å². The highest BCUT2D eigenvalue weighted by Gasteiger charge is 2.24. The zero-order valence-electron chi connectivity index (χ0n) is 13.9. The van der Waals surface area contributed by atoms with Crippen LogP contribution in [-0.4, -0.2) is 29.1 Å². The molecule has 1 rings (SSSR count). The summed E-state index contributed by atoms with van der Waals surface area (Å²) in [5.41, 5.74) is 8.19. The highest BCUT2D eigenvalue weighted by molar-refractivity contribution is 5.97. The van der Waals surface area contributed by atoms with Crippen molar-refractivity contribution in [1.29, 1.82) is 0 Å². The summed E-state index contributed by atoms with van der Waals surface area (Å²) in [6, 6.07) is 4.85. The van der Waals surface area contributed by atoms with Crippen LogP contribution in [0.25, 0.3) is 0 Å². The maximum absolute atomic E-state index is 12.1. The first-order valence-corrected chi connectivity index (χ1v) is 7.47. The molecule has 0 saturated carbocycles. The molecule has 24 heavy (non-hydrogen) atoms. The summed E-state index contributed by atoms with van der Waals surface area (Å²) in [5, 5.41) is 11.2. The largest absolute Gasteiger partial charge is 0.339 e. The predicted octanol–water partition coefficient (Wildman–Crippen LogP) is 0.649. The minimum absolute atomic E-state index is 0.263. The Balaban J connectivity index is 2.80. The van der Waals surface area contributed by atoms with Gasteiger partial charge in [0.05, 0.1) is 0 Å². The second-order valence-corrected chi connectivity index (χ2v) is 5.54. The van der Waals surface area contributed by atoms with Gasteiger partial charge in [-0.15, -0.1) is 0 Å². The van der Waals surface area contributed by atoms with Crippen LogP contribution in [0.3, 0.4) is 0 Å². The number of carbonyl (C=O) groups is 2. The van der Waals surface area contributed by atoms with E-state index in [0.717, 1.165) is 5.56 Å². The molecule has 0 aromatic heterocycles. The molecule has 2 atom stereocenters. The summed E-state index contributed by atoms with van der Waals surface area (Å²) >= 11 is 0. The lowest BCUT2D eigenvalue weighted by molar-refractivity contribution is -0.131. The second kappa shape index (κ2) is 9.36. The molecule has 126 valence electrons. The first kappa shape index (κ1) is 19.2. The third kappa shape index (κ3) is 6.13. The van der Waals surface area contributed by atoms with E-state index in [9.17, 15) is 9.59 Å². The van der Waals surface area contributed by atoms with Crippen molar-refractivity contribution in [1.82, 2.24) is 10.8 Å². The zero-order valence-corrected chi connectivity index (χ0v) is 13.9. The highest BCUT2D eigenvalue weighted by atomic mass is 16.5. The number of nitrogens with one attached hydrogen (secondary N) is 2.